The lowest BCUT2D eigenvalue weighted by Gasteiger charge is -2.23. The van der Waals surface area contributed by atoms with Crippen molar-refractivity contribution in [1.82, 2.24) is 9.66 Å². The maximum Gasteiger partial charge on any atom is 0.335 e. The van der Waals surface area contributed by atoms with Crippen LogP contribution in [0.3, 0.4) is 0 Å². The number of ether oxygens (including phenoxy) is 1. The van der Waals surface area contributed by atoms with Gasteiger partial charge < -0.3 is 9.84 Å². The maximum absolute atomic E-state index is 13.8. The average Bonchev–Trinajstić information content (AvgIpc) is 3.00. The number of halogens is 1. The number of benzene rings is 4. The molecule has 0 spiro atoms. The zero-order valence-electron chi connectivity index (χ0n) is 22.3. The number of hydrogen-bond donors (Lipinski definition) is 1. The Balaban J connectivity index is 1.43. The van der Waals surface area contributed by atoms with Crippen LogP contribution in [-0.2, 0) is 6.61 Å². The number of carbonyl (C=O) groups is 1. The molecule has 0 bridgehead atoms. The monoisotopic (exact) mass is 609 g/mol. The normalized spacial score (nSPS) is 14.2. The van der Waals surface area contributed by atoms with E-state index in [0.717, 1.165) is 52.1 Å². The summed E-state index contributed by atoms with van der Waals surface area (Å²) in [7, 11) is 0. The van der Waals surface area contributed by atoms with Gasteiger partial charge in [-0.2, -0.15) is 9.78 Å². The number of fused-ring (bicyclic) bond motifs is 2. The Hall–Kier alpha value is -4.30. The van der Waals surface area contributed by atoms with Gasteiger partial charge in [-0.1, -0.05) is 77.7 Å². The van der Waals surface area contributed by atoms with Crippen LogP contribution in [0.25, 0.3) is 21.7 Å². The second-order valence-corrected chi connectivity index (χ2v) is 11.2. The molecule has 1 aromatic heterocycles. The minimum atomic E-state index is -0.969. The molecule has 0 amide bonds. The van der Waals surface area contributed by atoms with Gasteiger partial charge >= 0.3 is 5.97 Å². The van der Waals surface area contributed by atoms with E-state index in [0.29, 0.717) is 22.5 Å². The fraction of sp³-hybridized carbons (Fsp3) is 0.212. The summed E-state index contributed by atoms with van der Waals surface area (Å²) in [6.07, 6.45) is 7.07. The summed E-state index contributed by atoms with van der Waals surface area (Å²) in [5.41, 5.74) is 2.29. The summed E-state index contributed by atoms with van der Waals surface area (Å²) in [5.74, 6) is 0.503. The molecule has 0 saturated heterocycles. The molecular weight excluding hydrogens is 582 g/mol. The van der Waals surface area contributed by atoms with Crippen LogP contribution < -0.4 is 10.3 Å². The van der Waals surface area contributed by atoms with Crippen molar-refractivity contribution >= 4 is 49.8 Å². The molecule has 1 aliphatic carbocycles. The van der Waals surface area contributed by atoms with Crippen LogP contribution in [0.5, 0.6) is 5.75 Å². The minimum Gasteiger partial charge on any atom is -0.488 e. The Labute approximate surface area is 245 Å². The van der Waals surface area contributed by atoms with Gasteiger partial charge in [-0.25, -0.2) is 9.78 Å². The molecule has 7 nitrogen and oxygen atoms in total. The van der Waals surface area contributed by atoms with E-state index in [1.165, 1.54) is 11.1 Å². The Morgan fingerprint density at radius 1 is 1.00 bits per heavy atom. The molecule has 1 aliphatic rings. The first kappa shape index (κ1) is 26.9. The summed E-state index contributed by atoms with van der Waals surface area (Å²) in [5, 5.41) is 16.4. The fourth-order valence-electron chi connectivity index (χ4n) is 5.46. The van der Waals surface area contributed by atoms with Gasteiger partial charge in [0.2, 0.25) is 0 Å². The van der Waals surface area contributed by atoms with Crippen molar-refractivity contribution in [2.75, 3.05) is 0 Å². The predicted octanol–water partition coefficient (Wildman–Crippen LogP) is 7.52. The molecule has 41 heavy (non-hydrogen) atoms. The molecule has 8 heteroatoms. The Morgan fingerprint density at radius 2 is 1.78 bits per heavy atom. The van der Waals surface area contributed by atoms with Crippen molar-refractivity contribution in [3.63, 3.8) is 0 Å². The second kappa shape index (κ2) is 11.7. The number of nitrogens with zero attached hydrogens (tertiary/aromatic N) is 3. The van der Waals surface area contributed by atoms with Gasteiger partial charge in [0.05, 0.1) is 22.7 Å². The van der Waals surface area contributed by atoms with Gasteiger partial charge in [-0.05, 0) is 65.6 Å². The molecule has 0 radical (unpaired) electrons. The van der Waals surface area contributed by atoms with Crippen molar-refractivity contribution in [1.29, 1.82) is 0 Å². The van der Waals surface area contributed by atoms with Gasteiger partial charge in [0.1, 0.15) is 18.2 Å². The van der Waals surface area contributed by atoms with Gasteiger partial charge in [0.25, 0.3) is 5.56 Å². The van der Waals surface area contributed by atoms with Crippen LogP contribution in [0.15, 0.2) is 93.2 Å². The van der Waals surface area contributed by atoms with Crippen molar-refractivity contribution < 1.29 is 14.6 Å². The summed E-state index contributed by atoms with van der Waals surface area (Å²) in [6, 6.07) is 24.0. The van der Waals surface area contributed by atoms with Crippen molar-refractivity contribution in [2.24, 2.45) is 5.10 Å². The van der Waals surface area contributed by atoms with Crippen LogP contribution in [0.1, 0.15) is 65.3 Å². The maximum atomic E-state index is 13.8. The Morgan fingerprint density at radius 3 is 2.56 bits per heavy atom. The van der Waals surface area contributed by atoms with E-state index in [9.17, 15) is 14.7 Å². The Kier molecular flexibility index (Phi) is 7.65. The van der Waals surface area contributed by atoms with E-state index >= 15 is 0 Å². The highest BCUT2D eigenvalue weighted by Gasteiger charge is 2.23. The SMILES string of the molecule is O=C(O)c1ccc(COc2ccc3ccccc3c2C=Nn2c(C3CCCCC3)nc3ccc(Br)cc3c2=O)cc1. The Bertz CT molecular complexity index is 1840. The first-order chi connectivity index (χ1) is 20.0. The highest BCUT2D eigenvalue weighted by molar-refractivity contribution is 9.10. The molecule has 1 heterocycles. The molecule has 4 aromatic carbocycles. The first-order valence-corrected chi connectivity index (χ1v) is 14.5. The lowest BCUT2D eigenvalue weighted by Crippen LogP contribution is -2.25. The minimum absolute atomic E-state index is 0.165. The van der Waals surface area contributed by atoms with Crippen molar-refractivity contribution in [3.8, 4) is 5.75 Å². The molecule has 1 fully saturated rings. The number of carboxylic acid groups (broad SMARTS) is 1. The average molecular weight is 611 g/mol. The smallest absolute Gasteiger partial charge is 0.335 e. The fourth-order valence-corrected chi connectivity index (χ4v) is 5.82. The van der Waals surface area contributed by atoms with E-state index in [1.54, 1.807) is 36.5 Å². The van der Waals surface area contributed by atoms with Crippen LogP contribution in [0, 0.1) is 0 Å². The molecule has 0 aliphatic heterocycles. The van der Waals surface area contributed by atoms with Crippen molar-refractivity contribution in [2.45, 2.75) is 44.6 Å². The second-order valence-electron chi connectivity index (χ2n) is 10.3. The quantitative estimate of drug-likeness (QED) is 0.193. The molecular formula is C33H28BrN3O4. The van der Waals surface area contributed by atoms with Crippen LogP contribution in [-0.4, -0.2) is 27.0 Å². The van der Waals surface area contributed by atoms with Gasteiger partial charge in [0, 0.05) is 16.0 Å². The molecule has 6 rings (SSSR count). The van der Waals surface area contributed by atoms with E-state index in [1.807, 2.05) is 48.5 Å². The predicted molar refractivity (Wildman–Crippen MR) is 164 cm³/mol. The molecule has 0 unspecified atom stereocenters. The summed E-state index contributed by atoms with van der Waals surface area (Å²) in [4.78, 5) is 30.0. The van der Waals surface area contributed by atoms with Gasteiger partial charge in [-0.15, -0.1) is 0 Å². The van der Waals surface area contributed by atoms with E-state index in [4.69, 9.17) is 14.8 Å². The van der Waals surface area contributed by atoms with Crippen LogP contribution >= 0.6 is 15.9 Å². The van der Waals surface area contributed by atoms with Crippen LogP contribution in [0.4, 0.5) is 0 Å². The van der Waals surface area contributed by atoms with Crippen molar-refractivity contribution in [3.05, 3.63) is 116 Å². The lowest BCUT2D eigenvalue weighted by atomic mass is 9.88. The highest BCUT2D eigenvalue weighted by Crippen LogP contribution is 2.32. The van der Waals surface area contributed by atoms with E-state index in [2.05, 4.69) is 15.9 Å². The molecule has 206 valence electrons. The third kappa shape index (κ3) is 5.65. The molecule has 1 saturated carbocycles. The van der Waals surface area contributed by atoms with Crippen LogP contribution in [0.2, 0.25) is 0 Å². The lowest BCUT2D eigenvalue weighted by molar-refractivity contribution is 0.0697. The molecule has 5 aromatic rings. The third-order valence-corrected chi connectivity index (χ3v) is 8.13. The summed E-state index contributed by atoms with van der Waals surface area (Å²) in [6.45, 7) is 0.248. The zero-order chi connectivity index (χ0) is 28.3. The molecule has 1 N–H and O–H groups in total. The van der Waals surface area contributed by atoms with Gasteiger partial charge in [-0.3, -0.25) is 4.79 Å². The first-order valence-electron chi connectivity index (χ1n) is 13.7. The van der Waals surface area contributed by atoms with Gasteiger partial charge in [0.15, 0.2) is 0 Å². The number of aromatic carboxylic acids is 1. The number of rotatable bonds is 7. The number of aromatic nitrogens is 2. The van der Waals surface area contributed by atoms with E-state index in [-0.39, 0.29) is 23.6 Å². The largest absolute Gasteiger partial charge is 0.488 e. The number of hydrogen-bond acceptors (Lipinski definition) is 5. The topological polar surface area (TPSA) is 93.8 Å². The molecule has 0 atom stereocenters. The summed E-state index contributed by atoms with van der Waals surface area (Å²) < 4.78 is 8.52. The zero-order valence-corrected chi connectivity index (χ0v) is 23.9. The third-order valence-electron chi connectivity index (χ3n) is 7.63. The number of carboxylic acids is 1. The standard InChI is InChI=1S/C33H28BrN3O4/c34-25-15-16-29-27(18-25)32(38)37(31(36-29)23-7-2-1-3-8-23)35-19-28-26-9-5-4-6-22(26)14-17-30(28)41-20-21-10-12-24(13-11-21)33(39)40/h4-6,9-19,23H,1-3,7-8,20H2,(H,39,40). The summed E-state index contributed by atoms with van der Waals surface area (Å²) >= 11 is 3.49. The van der Waals surface area contributed by atoms with E-state index < -0.39 is 5.97 Å². The highest BCUT2D eigenvalue weighted by atomic mass is 79.9.